The Bertz CT molecular complexity index is 214. The van der Waals surface area contributed by atoms with Crippen LogP contribution in [0.3, 0.4) is 0 Å². The van der Waals surface area contributed by atoms with Crippen molar-refractivity contribution in [3.63, 3.8) is 0 Å². The van der Waals surface area contributed by atoms with Gasteiger partial charge in [-0.2, -0.15) is 0 Å². The molecule has 0 bridgehead atoms. The largest absolute Gasteiger partial charge is 1.00 e. The van der Waals surface area contributed by atoms with E-state index in [-0.39, 0.29) is 12.4 Å². The van der Waals surface area contributed by atoms with Crippen LogP contribution in [-0.4, -0.2) is 6.54 Å². The number of rotatable bonds is 6. The first kappa shape index (κ1) is 13.4. The van der Waals surface area contributed by atoms with E-state index >= 15 is 0 Å². The van der Waals surface area contributed by atoms with Gasteiger partial charge in [0.2, 0.25) is 0 Å². The lowest BCUT2D eigenvalue weighted by Crippen LogP contribution is -3.00. The summed E-state index contributed by atoms with van der Waals surface area (Å²) in [4.78, 5) is 0. The van der Waals surface area contributed by atoms with E-state index in [1.54, 1.807) is 0 Å². The van der Waals surface area contributed by atoms with Gasteiger partial charge in [-0.15, -0.1) is 0 Å². The Morgan fingerprint density at radius 3 is 2.14 bits per heavy atom. The summed E-state index contributed by atoms with van der Waals surface area (Å²) in [5, 5.41) is 0. The lowest BCUT2D eigenvalue weighted by molar-refractivity contribution is -0.697. The quantitative estimate of drug-likeness (QED) is 0.454. The zero-order valence-corrected chi connectivity index (χ0v) is 9.29. The first-order valence-electron chi connectivity index (χ1n) is 5.07. The summed E-state index contributed by atoms with van der Waals surface area (Å²) in [6, 6.07) is 6.19. The molecule has 14 heavy (non-hydrogen) atoms. The highest BCUT2D eigenvalue weighted by Gasteiger charge is 1.96. The van der Waals surface area contributed by atoms with Gasteiger partial charge >= 0.3 is 0 Å². The molecule has 0 spiro atoms. The van der Waals surface area contributed by atoms with Gasteiger partial charge in [-0.05, 0) is 19.4 Å². The molecule has 1 aromatic heterocycles. The van der Waals surface area contributed by atoms with Crippen molar-refractivity contribution in [2.45, 2.75) is 32.2 Å². The van der Waals surface area contributed by atoms with Crippen molar-refractivity contribution in [3.8, 4) is 0 Å². The fourth-order valence-electron chi connectivity index (χ4n) is 1.38. The molecular weight excluding hydrogens is 196 g/mol. The van der Waals surface area contributed by atoms with Crippen LogP contribution in [0.2, 0.25) is 0 Å². The Kier molecular flexibility index (Phi) is 8.59. The normalized spacial score (nSPS) is 9.50. The Morgan fingerprint density at radius 2 is 1.50 bits per heavy atom. The molecule has 0 aliphatic heterocycles. The molecule has 80 valence electrons. The third-order valence-electron chi connectivity index (χ3n) is 2.15. The van der Waals surface area contributed by atoms with E-state index in [1.165, 1.54) is 25.7 Å². The zero-order chi connectivity index (χ0) is 9.36. The van der Waals surface area contributed by atoms with Gasteiger partial charge in [-0.1, -0.05) is 12.5 Å². The molecule has 1 rings (SSSR count). The smallest absolute Gasteiger partial charge is 0.168 e. The molecule has 1 heterocycles. The van der Waals surface area contributed by atoms with Crippen LogP contribution in [0.5, 0.6) is 0 Å². The highest BCUT2D eigenvalue weighted by atomic mass is 35.5. The summed E-state index contributed by atoms with van der Waals surface area (Å²) in [7, 11) is 0. The molecule has 0 atom stereocenters. The van der Waals surface area contributed by atoms with Crippen LogP contribution in [0.4, 0.5) is 0 Å². The van der Waals surface area contributed by atoms with E-state index in [0.717, 1.165) is 13.1 Å². The Balaban J connectivity index is 0.00000169. The van der Waals surface area contributed by atoms with Crippen molar-refractivity contribution in [3.05, 3.63) is 30.6 Å². The van der Waals surface area contributed by atoms with Gasteiger partial charge < -0.3 is 18.1 Å². The van der Waals surface area contributed by atoms with E-state index in [1.807, 2.05) is 6.07 Å². The first-order chi connectivity index (χ1) is 6.43. The molecule has 0 unspecified atom stereocenters. The number of hydrogen-bond acceptors (Lipinski definition) is 1. The SMILES string of the molecule is NCCCCCC[n+]1ccccc1.[Cl-]. The minimum Gasteiger partial charge on any atom is -1.00 e. The predicted octanol–water partition coefficient (Wildman–Crippen LogP) is -1.50. The monoisotopic (exact) mass is 214 g/mol. The van der Waals surface area contributed by atoms with E-state index < -0.39 is 0 Å². The fraction of sp³-hybridized carbons (Fsp3) is 0.545. The number of unbranched alkanes of at least 4 members (excludes halogenated alkanes) is 3. The fourth-order valence-corrected chi connectivity index (χ4v) is 1.38. The van der Waals surface area contributed by atoms with Crippen molar-refractivity contribution in [1.29, 1.82) is 0 Å². The van der Waals surface area contributed by atoms with Crippen LogP contribution < -0.4 is 22.7 Å². The molecule has 0 radical (unpaired) electrons. The maximum Gasteiger partial charge on any atom is 0.168 e. The van der Waals surface area contributed by atoms with E-state index in [2.05, 4.69) is 29.1 Å². The predicted molar refractivity (Wildman–Crippen MR) is 54.2 cm³/mol. The van der Waals surface area contributed by atoms with Crippen molar-refractivity contribution in [1.82, 2.24) is 0 Å². The summed E-state index contributed by atoms with van der Waals surface area (Å²) in [5.74, 6) is 0. The molecular formula is C11H19ClN2. The number of aryl methyl sites for hydroxylation is 1. The lowest BCUT2D eigenvalue weighted by Gasteiger charge is -1.97. The second-order valence-electron chi connectivity index (χ2n) is 3.32. The molecule has 2 N–H and O–H groups in total. The number of nitrogens with zero attached hydrogens (tertiary/aromatic N) is 1. The topological polar surface area (TPSA) is 29.9 Å². The number of aromatic nitrogens is 1. The van der Waals surface area contributed by atoms with Crippen LogP contribution >= 0.6 is 0 Å². The molecule has 0 aliphatic carbocycles. The molecule has 3 heteroatoms. The summed E-state index contributed by atoms with van der Waals surface area (Å²) >= 11 is 0. The molecule has 0 amide bonds. The number of hydrogen-bond donors (Lipinski definition) is 1. The van der Waals surface area contributed by atoms with E-state index in [4.69, 9.17) is 5.73 Å². The van der Waals surface area contributed by atoms with Crippen LogP contribution in [0.15, 0.2) is 30.6 Å². The molecule has 0 fully saturated rings. The maximum absolute atomic E-state index is 5.42. The third-order valence-corrected chi connectivity index (χ3v) is 2.15. The second kappa shape index (κ2) is 8.97. The van der Waals surface area contributed by atoms with Gasteiger partial charge in [0, 0.05) is 18.6 Å². The van der Waals surface area contributed by atoms with Crippen LogP contribution in [0.25, 0.3) is 0 Å². The van der Waals surface area contributed by atoms with Crippen molar-refractivity contribution in [2.75, 3.05) is 6.54 Å². The van der Waals surface area contributed by atoms with Crippen LogP contribution in [0, 0.1) is 0 Å². The Hall–Kier alpha value is -0.600. The van der Waals surface area contributed by atoms with E-state index in [9.17, 15) is 0 Å². The van der Waals surface area contributed by atoms with Crippen molar-refractivity contribution in [2.24, 2.45) is 5.73 Å². The van der Waals surface area contributed by atoms with Gasteiger partial charge in [0.1, 0.15) is 6.54 Å². The molecule has 0 aliphatic rings. The second-order valence-corrected chi connectivity index (χ2v) is 3.32. The van der Waals surface area contributed by atoms with Gasteiger partial charge in [0.15, 0.2) is 12.4 Å². The molecule has 0 saturated carbocycles. The summed E-state index contributed by atoms with van der Waals surface area (Å²) in [6.07, 6.45) is 9.21. The molecule has 2 nitrogen and oxygen atoms in total. The average Bonchev–Trinajstić information content (AvgIpc) is 2.19. The highest BCUT2D eigenvalue weighted by Crippen LogP contribution is 1.97. The Labute approximate surface area is 92.5 Å². The van der Waals surface area contributed by atoms with Gasteiger partial charge in [-0.25, -0.2) is 4.57 Å². The number of pyridine rings is 1. The minimum absolute atomic E-state index is 0. The molecule has 0 aromatic carbocycles. The molecule has 1 aromatic rings. The van der Waals surface area contributed by atoms with Crippen LogP contribution in [-0.2, 0) is 6.54 Å². The first-order valence-corrected chi connectivity index (χ1v) is 5.07. The van der Waals surface area contributed by atoms with Crippen molar-refractivity contribution < 1.29 is 17.0 Å². The standard InChI is InChI=1S/C11H19N2.ClH/c12-8-4-1-2-5-9-13-10-6-3-7-11-13;/h3,6-7,10-11H,1-2,4-5,8-9,12H2;1H/q+1;/p-1. The Morgan fingerprint density at radius 1 is 0.857 bits per heavy atom. The number of nitrogens with two attached hydrogens (primary N) is 1. The minimum atomic E-state index is 0. The zero-order valence-electron chi connectivity index (χ0n) is 8.53. The highest BCUT2D eigenvalue weighted by molar-refractivity contribution is 4.83. The molecule has 0 saturated heterocycles. The van der Waals surface area contributed by atoms with Crippen molar-refractivity contribution >= 4 is 0 Å². The summed E-state index contributed by atoms with van der Waals surface area (Å²) in [6.45, 7) is 1.96. The van der Waals surface area contributed by atoms with Gasteiger partial charge in [-0.3, -0.25) is 0 Å². The number of halogens is 1. The average molecular weight is 215 g/mol. The van der Waals surface area contributed by atoms with E-state index in [0.29, 0.717) is 0 Å². The lowest BCUT2D eigenvalue weighted by atomic mass is 10.2. The van der Waals surface area contributed by atoms with Crippen LogP contribution in [0.1, 0.15) is 25.7 Å². The maximum atomic E-state index is 5.42. The summed E-state index contributed by atoms with van der Waals surface area (Å²) < 4.78 is 2.22. The third kappa shape index (κ3) is 5.95. The van der Waals surface area contributed by atoms with Gasteiger partial charge in [0.25, 0.3) is 0 Å². The summed E-state index contributed by atoms with van der Waals surface area (Å²) in [5.41, 5.74) is 5.42. The van der Waals surface area contributed by atoms with Gasteiger partial charge in [0.05, 0.1) is 0 Å².